The number of amides is 2. The van der Waals surface area contributed by atoms with Crippen molar-refractivity contribution >= 4 is 17.5 Å². The highest BCUT2D eigenvalue weighted by Crippen LogP contribution is 2.25. The molecule has 2 aliphatic rings. The highest BCUT2D eigenvalue weighted by atomic mass is 16.5. The minimum absolute atomic E-state index is 0.0208. The lowest BCUT2D eigenvalue weighted by Crippen LogP contribution is -2.46. The summed E-state index contributed by atoms with van der Waals surface area (Å²) in [5.74, 6) is 0.805. The number of carbonyl (C=O) groups excluding carboxylic acids is 2. The first-order chi connectivity index (χ1) is 13.2. The Labute approximate surface area is 161 Å². The quantitative estimate of drug-likeness (QED) is 0.804. The van der Waals surface area contributed by atoms with Crippen molar-refractivity contribution in [2.45, 2.75) is 51.0 Å². The number of anilines is 1. The summed E-state index contributed by atoms with van der Waals surface area (Å²) in [6.45, 7) is 2.00. The van der Waals surface area contributed by atoms with Crippen molar-refractivity contribution in [2.24, 2.45) is 5.92 Å². The first-order valence-electron chi connectivity index (χ1n) is 10.1. The van der Waals surface area contributed by atoms with Gasteiger partial charge in [0.1, 0.15) is 5.75 Å². The molecule has 2 fully saturated rings. The summed E-state index contributed by atoms with van der Waals surface area (Å²) in [7, 11) is 1.60. The van der Waals surface area contributed by atoms with E-state index in [0.29, 0.717) is 24.0 Å². The van der Waals surface area contributed by atoms with E-state index in [4.69, 9.17) is 4.74 Å². The van der Waals surface area contributed by atoms with Crippen LogP contribution >= 0.6 is 0 Å². The molecular formula is C21H31N3O3. The van der Waals surface area contributed by atoms with Gasteiger partial charge in [0.05, 0.1) is 19.3 Å². The van der Waals surface area contributed by atoms with Gasteiger partial charge in [0.15, 0.2) is 0 Å². The molecule has 2 N–H and O–H groups in total. The normalized spacial score (nSPS) is 19.4. The molecule has 0 bridgehead atoms. The third-order valence-corrected chi connectivity index (χ3v) is 5.66. The lowest BCUT2D eigenvalue weighted by Gasteiger charge is -2.31. The fourth-order valence-corrected chi connectivity index (χ4v) is 4.06. The maximum atomic E-state index is 12.6. The predicted octanol–water partition coefficient (Wildman–Crippen LogP) is 2.79. The smallest absolute Gasteiger partial charge is 0.234 e. The molecule has 0 radical (unpaired) electrons. The van der Waals surface area contributed by atoms with Crippen LogP contribution in [0.4, 0.5) is 5.69 Å². The number of nitrogens with zero attached hydrogens (tertiary/aromatic N) is 1. The fourth-order valence-electron chi connectivity index (χ4n) is 4.06. The molecular weight excluding hydrogens is 342 g/mol. The summed E-state index contributed by atoms with van der Waals surface area (Å²) in [5, 5.41) is 6.15. The average Bonchev–Trinajstić information content (AvgIpc) is 2.69. The van der Waals surface area contributed by atoms with E-state index in [0.717, 1.165) is 38.8 Å². The number of rotatable bonds is 6. The van der Waals surface area contributed by atoms with E-state index >= 15 is 0 Å². The molecule has 1 aliphatic carbocycles. The number of benzene rings is 1. The molecule has 1 aromatic rings. The van der Waals surface area contributed by atoms with Gasteiger partial charge < -0.3 is 15.4 Å². The second-order valence-electron chi connectivity index (χ2n) is 7.64. The highest BCUT2D eigenvalue weighted by molar-refractivity contribution is 5.94. The van der Waals surface area contributed by atoms with E-state index in [9.17, 15) is 9.59 Å². The number of methoxy groups -OCH3 is 1. The predicted molar refractivity (Wildman–Crippen MR) is 106 cm³/mol. The molecule has 6 nitrogen and oxygen atoms in total. The molecule has 0 unspecified atom stereocenters. The van der Waals surface area contributed by atoms with Crippen LogP contribution in [-0.2, 0) is 9.59 Å². The summed E-state index contributed by atoms with van der Waals surface area (Å²) in [6.07, 6.45) is 7.50. The van der Waals surface area contributed by atoms with E-state index in [1.54, 1.807) is 7.11 Å². The molecule has 0 atom stereocenters. The summed E-state index contributed by atoms with van der Waals surface area (Å²) in [5.41, 5.74) is 0.708. The third kappa shape index (κ3) is 5.70. The zero-order valence-electron chi connectivity index (χ0n) is 16.2. The van der Waals surface area contributed by atoms with Crippen LogP contribution in [0.25, 0.3) is 0 Å². The van der Waals surface area contributed by atoms with Gasteiger partial charge in [0, 0.05) is 12.0 Å². The molecule has 148 valence electrons. The molecule has 27 heavy (non-hydrogen) atoms. The van der Waals surface area contributed by atoms with Crippen LogP contribution in [0.1, 0.15) is 44.9 Å². The largest absolute Gasteiger partial charge is 0.495 e. The Balaban J connectivity index is 1.41. The summed E-state index contributed by atoms with van der Waals surface area (Å²) < 4.78 is 5.29. The Morgan fingerprint density at radius 3 is 2.48 bits per heavy atom. The lowest BCUT2D eigenvalue weighted by molar-refractivity contribution is -0.124. The summed E-state index contributed by atoms with van der Waals surface area (Å²) in [6, 6.07) is 7.80. The van der Waals surface area contributed by atoms with Crippen LogP contribution in [0.5, 0.6) is 5.75 Å². The molecule has 0 spiro atoms. The topological polar surface area (TPSA) is 70.7 Å². The fraction of sp³-hybridized carbons (Fsp3) is 0.619. The highest BCUT2D eigenvalue weighted by Gasteiger charge is 2.27. The van der Waals surface area contributed by atoms with Gasteiger partial charge in [0.2, 0.25) is 11.8 Å². The van der Waals surface area contributed by atoms with Gasteiger partial charge >= 0.3 is 0 Å². The van der Waals surface area contributed by atoms with E-state index in [1.807, 2.05) is 24.3 Å². The van der Waals surface area contributed by atoms with E-state index in [2.05, 4.69) is 15.5 Å². The van der Waals surface area contributed by atoms with E-state index in [-0.39, 0.29) is 17.7 Å². The van der Waals surface area contributed by atoms with Gasteiger partial charge in [-0.25, -0.2) is 0 Å². The van der Waals surface area contributed by atoms with E-state index < -0.39 is 0 Å². The maximum Gasteiger partial charge on any atom is 0.234 e. The van der Waals surface area contributed by atoms with Crippen LogP contribution in [0.2, 0.25) is 0 Å². The second kappa shape index (κ2) is 9.74. The number of carbonyl (C=O) groups is 2. The van der Waals surface area contributed by atoms with Gasteiger partial charge in [-0.15, -0.1) is 0 Å². The van der Waals surface area contributed by atoms with Gasteiger partial charge in [-0.3, -0.25) is 14.5 Å². The first-order valence-corrected chi connectivity index (χ1v) is 10.1. The summed E-state index contributed by atoms with van der Waals surface area (Å²) >= 11 is 0. The van der Waals surface area contributed by atoms with Crippen LogP contribution in [0.3, 0.4) is 0 Å². The number of nitrogens with one attached hydrogen (secondary N) is 2. The van der Waals surface area contributed by atoms with Crippen molar-refractivity contribution in [1.29, 1.82) is 0 Å². The molecule has 2 amide bonds. The number of hydrogen-bond donors (Lipinski definition) is 2. The second-order valence-corrected chi connectivity index (χ2v) is 7.64. The lowest BCUT2D eigenvalue weighted by atomic mass is 9.95. The van der Waals surface area contributed by atoms with Crippen molar-refractivity contribution in [3.05, 3.63) is 24.3 Å². The van der Waals surface area contributed by atoms with Crippen LogP contribution in [0.15, 0.2) is 24.3 Å². The maximum absolute atomic E-state index is 12.6. The summed E-state index contributed by atoms with van der Waals surface area (Å²) in [4.78, 5) is 27.0. The minimum Gasteiger partial charge on any atom is -0.495 e. The monoisotopic (exact) mass is 373 g/mol. The Hall–Kier alpha value is -2.08. The zero-order valence-corrected chi connectivity index (χ0v) is 16.2. The van der Waals surface area contributed by atoms with Crippen molar-refractivity contribution in [2.75, 3.05) is 32.1 Å². The third-order valence-electron chi connectivity index (χ3n) is 5.66. The molecule has 0 aromatic heterocycles. The SMILES string of the molecule is COc1ccccc1NC(=O)C1CCN(CC(=O)NC2CCCCC2)CC1. The van der Waals surface area contributed by atoms with Crippen LogP contribution < -0.4 is 15.4 Å². The molecule has 1 saturated carbocycles. The Morgan fingerprint density at radius 1 is 1.07 bits per heavy atom. The number of piperidine rings is 1. The van der Waals surface area contributed by atoms with Crippen molar-refractivity contribution in [3.63, 3.8) is 0 Å². The van der Waals surface area contributed by atoms with Crippen LogP contribution in [-0.4, -0.2) is 49.5 Å². The van der Waals surface area contributed by atoms with Gasteiger partial charge in [0.25, 0.3) is 0 Å². The van der Waals surface area contributed by atoms with Gasteiger partial charge in [-0.1, -0.05) is 31.4 Å². The molecule has 1 heterocycles. The van der Waals surface area contributed by atoms with Crippen molar-refractivity contribution in [3.8, 4) is 5.75 Å². The Bertz CT molecular complexity index is 635. The standard InChI is InChI=1S/C21H31N3O3/c1-27-19-10-6-5-9-18(19)23-21(26)16-11-13-24(14-12-16)15-20(25)22-17-7-3-2-4-8-17/h5-6,9-10,16-17H,2-4,7-8,11-15H2,1H3,(H,22,25)(H,23,26). The zero-order chi connectivity index (χ0) is 19.1. The molecule has 1 aromatic carbocycles. The first kappa shape index (κ1) is 19.7. The van der Waals surface area contributed by atoms with Crippen LogP contribution in [0, 0.1) is 5.92 Å². The molecule has 6 heteroatoms. The van der Waals surface area contributed by atoms with Crippen molar-refractivity contribution in [1.82, 2.24) is 10.2 Å². The van der Waals surface area contributed by atoms with Crippen molar-refractivity contribution < 1.29 is 14.3 Å². The van der Waals surface area contributed by atoms with Gasteiger partial charge in [-0.05, 0) is 50.9 Å². The molecule has 3 rings (SSSR count). The van der Waals surface area contributed by atoms with Gasteiger partial charge in [-0.2, -0.15) is 0 Å². The number of likely N-dealkylation sites (tertiary alicyclic amines) is 1. The number of para-hydroxylation sites is 2. The van der Waals surface area contributed by atoms with E-state index in [1.165, 1.54) is 19.3 Å². The molecule has 1 aliphatic heterocycles. The Kier molecular flexibility index (Phi) is 7.10. The Morgan fingerprint density at radius 2 is 1.78 bits per heavy atom. The minimum atomic E-state index is -0.0208. The number of hydrogen-bond acceptors (Lipinski definition) is 4. The molecule has 1 saturated heterocycles. The number of ether oxygens (including phenoxy) is 1. The average molecular weight is 373 g/mol.